The number of allylic oxidation sites excluding steroid dienone is 10. The minimum absolute atomic E-state index is 0.0844. The Morgan fingerprint density at radius 3 is 1.34 bits per heavy atom. The molecule has 390 valence electrons. The Morgan fingerprint density at radius 1 is 0.493 bits per heavy atom. The standard InChI is InChI=1S/C54H97O12P/c1-3-5-7-9-11-13-15-17-19-21-23-24-25-27-29-31-33-35-37-39-41-43-48(55)65-47(46-64-67(61,62)66-54-52(59)50(57)49(56)51(58)53(54)60)45-63-44-42-40-38-36-34-32-30-28-26-22-20-18-16-14-12-10-8-6-4-2/h5,7,11,13,17,19,23-24,27,29,47,49-54,56-60H,3-4,6,8-10,12,14-16,18,20-22,25-26,28,30-46H2,1-2H3,(H,61,62)/b7-5-,13-11-,19-17-,24-23-,29-27-. The molecule has 6 unspecified atom stereocenters. The topological polar surface area (TPSA) is 192 Å². The highest BCUT2D eigenvalue weighted by Gasteiger charge is 2.51. The van der Waals surface area contributed by atoms with Crippen LogP contribution in [-0.4, -0.2) is 98.9 Å². The number of hydrogen-bond donors (Lipinski definition) is 6. The van der Waals surface area contributed by atoms with E-state index >= 15 is 0 Å². The van der Waals surface area contributed by atoms with Gasteiger partial charge in [0.15, 0.2) is 0 Å². The first-order valence-corrected chi connectivity index (χ1v) is 28.1. The zero-order chi connectivity index (χ0) is 49.1. The molecule has 1 aliphatic rings. The highest BCUT2D eigenvalue weighted by atomic mass is 31.2. The van der Waals surface area contributed by atoms with Gasteiger partial charge < -0.3 is 39.9 Å². The molecule has 1 aliphatic carbocycles. The third-order valence-corrected chi connectivity index (χ3v) is 13.1. The van der Waals surface area contributed by atoms with Gasteiger partial charge in [0.1, 0.15) is 42.7 Å². The van der Waals surface area contributed by atoms with Crippen molar-refractivity contribution in [1.29, 1.82) is 0 Å². The minimum atomic E-state index is -5.03. The van der Waals surface area contributed by atoms with Gasteiger partial charge in [0.2, 0.25) is 0 Å². The van der Waals surface area contributed by atoms with Gasteiger partial charge in [0.05, 0.1) is 13.2 Å². The highest BCUT2D eigenvalue weighted by molar-refractivity contribution is 7.47. The van der Waals surface area contributed by atoms with Gasteiger partial charge in [-0.2, -0.15) is 0 Å². The van der Waals surface area contributed by atoms with Gasteiger partial charge in [0.25, 0.3) is 0 Å². The Bertz CT molecular complexity index is 1340. The highest BCUT2D eigenvalue weighted by Crippen LogP contribution is 2.47. The van der Waals surface area contributed by atoms with E-state index in [-0.39, 0.29) is 13.0 Å². The first kappa shape index (κ1) is 63.1. The lowest BCUT2D eigenvalue weighted by Crippen LogP contribution is -2.64. The zero-order valence-electron chi connectivity index (χ0n) is 41.9. The molecule has 1 rings (SSSR count). The first-order chi connectivity index (χ1) is 32.5. The van der Waals surface area contributed by atoms with E-state index in [1.807, 2.05) is 0 Å². The molecular formula is C54H97O12P. The van der Waals surface area contributed by atoms with Crippen molar-refractivity contribution in [2.75, 3.05) is 19.8 Å². The summed E-state index contributed by atoms with van der Waals surface area (Å²) in [6.45, 7) is 4.16. The molecule has 0 bridgehead atoms. The summed E-state index contributed by atoms with van der Waals surface area (Å²) in [5.74, 6) is -0.494. The Hall–Kier alpha value is -1.96. The number of aliphatic hydroxyl groups excluding tert-OH is 5. The normalized spacial score (nSPS) is 21.7. The molecule has 0 saturated heterocycles. The molecule has 6 N–H and O–H groups in total. The number of carbonyl (C=O) groups excluding carboxylic acids is 1. The van der Waals surface area contributed by atoms with Crippen LogP contribution in [0.2, 0.25) is 0 Å². The van der Waals surface area contributed by atoms with Crippen LogP contribution in [-0.2, 0) is 27.9 Å². The average Bonchev–Trinajstić information content (AvgIpc) is 3.31. The molecule has 1 fully saturated rings. The Morgan fingerprint density at radius 2 is 0.881 bits per heavy atom. The van der Waals surface area contributed by atoms with Crippen molar-refractivity contribution in [3.05, 3.63) is 60.8 Å². The van der Waals surface area contributed by atoms with Crippen molar-refractivity contribution >= 4 is 13.8 Å². The number of ether oxygens (including phenoxy) is 2. The number of rotatable bonds is 45. The van der Waals surface area contributed by atoms with Crippen LogP contribution in [0.25, 0.3) is 0 Å². The van der Waals surface area contributed by atoms with Crippen molar-refractivity contribution < 1.29 is 58.3 Å². The molecule has 67 heavy (non-hydrogen) atoms. The van der Waals surface area contributed by atoms with E-state index < -0.39 is 63.1 Å². The predicted molar refractivity (Wildman–Crippen MR) is 272 cm³/mol. The van der Waals surface area contributed by atoms with E-state index in [1.165, 1.54) is 103 Å². The molecule has 13 heteroatoms. The SMILES string of the molecule is CC/C=C\C/C=C\C/C=C\C/C=C\C/C=C\CCCCCCCC(=O)OC(COCCCCCCCCCCCCCCCCCCCCC)COP(=O)(O)OC1C(O)C(O)C(O)C(O)C1O. The number of phosphoric acid groups is 1. The summed E-state index contributed by atoms with van der Waals surface area (Å²) in [6.07, 6.45) is 44.2. The largest absolute Gasteiger partial charge is 0.472 e. The molecule has 0 spiro atoms. The fourth-order valence-electron chi connectivity index (χ4n) is 7.97. The van der Waals surface area contributed by atoms with Crippen LogP contribution in [0.3, 0.4) is 0 Å². The lowest BCUT2D eigenvalue weighted by molar-refractivity contribution is -0.220. The summed E-state index contributed by atoms with van der Waals surface area (Å²) >= 11 is 0. The fourth-order valence-corrected chi connectivity index (χ4v) is 8.94. The molecule has 12 nitrogen and oxygen atoms in total. The molecular weight excluding hydrogens is 872 g/mol. The second-order valence-corrected chi connectivity index (χ2v) is 19.8. The summed E-state index contributed by atoms with van der Waals surface area (Å²) in [7, 11) is -5.03. The van der Waals surface area contributed by atoms with Gasteiger partial charge in [-0.1, -0.05) is 209 Å². The molecule has 0 radical (unpaired) electrons. The van der Waals surface area contributed by atoms with Crippen LogP contribution < -0.4 is 0 Å². The number of aliphatic hydroxyl groups is 5. The van der Waals surface area contributed by atoms with Crippen LogP contribution in [0.5, 0.6) is 0 Å². The molecule has 0 aromatic heterocycles. The smallest absolute Gasteiger partial charge is 0.457 e. The van der Waals surface area contributed by atoms with Crippen molar-refractivity contribution in [1.82, 2.24) is 0 Å². The van der Waals surface area contributed by atoms with Gasteiger partial charge >= 0.3 is 13.8 Å². The van der Waals surface area contributed by atoms with Crippen LogP contribution in [0.4, 0.5) is 0 Å². The summed E-state index contributed by atoms with van der Waals surface area (Å²) < 4.78 is 34.3. The van der Waals surface area contributed by atoms with E-state index in [9.17, 15) is 39.8 Å². The Kier molecular flexibility index (Phi) is 41.4. The van der Waals surface area contributed by atoms with E-state index in [1.54, 1.807) is 0 Å². The van der Waals surface area contributed by atoms with Crippen LogP contribution in [0.15, 0.2) is 60.8 Å². The Balaban J connectivity index is 2.35. The van der Waals surface area contributed by atoms with Crippen molar-refractivity contribution in [3.63, 3.8) is 0 Å². The van der Waals surface area contributed by atoms with Gasteiger partial charge in [0, 0.05) is 13.0 Å². The third-order valence-electron chi connectivity index (χ3n) is 12.2. The summed E-state index contributed by atoms with van der Waals surface area (Å²) in [4.78, 5) is 23.3. The van der Waals surface area contributed by atoms with Gasteiger partial charge in [-0.15, -0.1) is 0 Å². The maximum absolute atomic E-state index is 12.9. The van der Waals surface area contributed by atoms with Crippen molar-refractivity contribution in [2.45, 2.75) is 256 Å². The van der Waals surface area contributed by atoms with Crippen LogP contribution >= 0.6 is 7.82 Å². The molecule has 0 heterocycles. The third kappa shape index (κ3) is 35.7. The zero-order valence-corrected chi connectivity index (χ0v) is 42.8. The summed E-state index contributed by atoms with van der Waals surface area (Å²) in [5, 5.41) is 50.3. The monoisotopic (exact) mass is 969 g/mol. The number of esters is 1. The number of carbonyl (C=O) groups is 1. The average molecular weight is 969 g/mol. The molecule has 0 amide bonds. The Labute approximate surface area is 407 Å². The first-order valence-electron chi connectivity index (χ1n) is 26.6. The van der Waals surface area contributed by atoms with Crippen molar-refractivity contribution in [2.24, 2.45) is 0 Å². The van der Waals surface area contributed by atoms with E-state index in [4.69, 9.17) is 18.5 Å². The van der Waals surface area contributed by atoms with Crippen LogP contribution in [0.1, 0.15) is 213 Å². The number of hydrogen-bond acceptors (Lipinski definition) is 11. The lowest BCUT2D eigenvalue weighted by atomic mass is 9.85. The van der Waals surface area contributed by atoms with Gasteiger partial charge in [-0.3, -0.25) is 13.8 Å². The molecule has 0 aliphatic heterocycles. The molecule has 0 aromatic rings. The maximum Gasteiger partial charge on any atom is 0.472 e. The molecule has 6 atom stereocenters. The summed E-state index contributed by atoms with van der Waals surface area (Å²) in [6, 6.07) is 0. The predicted octanol–water partition coefficient (Wildman–Crippen LogP) is 12.1. The minimum Gasteiger partial charge on any atom is -0.457 e. The maximum atomic E-state index is 12.9. The van der Waals surface area contributed by atoms with Crippen LogP contribution in [0, 0.1) is 0 Å². The second kappa shape index (κ2) is 44.0. The van der Waals surface area contributed by atoms with E-state index in [2.05, 4.69) is 74.6 Å². The fraction of sp³-hybridized carbons (Fsp3) is 0.796. The van der Waals surface area contributed by atoms with Gasteiger partial charge in [-0.25, -0.2) is 4.57 Å². The van der Waals surface area contributed by atoms with E-state index in [0.717, 1.165) is 83.5 Å². The lowest BCUT2D eigenvalue weighted by Gasteiger charge is -2.41. The summed E-state index contributed by atoms with van der Waals surface area (Å²) in [5.41, 5.74) is 0. The second-order valence-electron chi connectivity index (χ2n) is 18.4. The molecule has 0 aromatic carbocycles. The number of unbranched alkanes of at least 4 members (excludes halogenated alkanes) is 23. The molecule has 1 saturated carbocycles. The quantitative estimate of drug-likeness (QED) is 0.0147. The van der Waals surface area contributed by atoms with Gasteiger partial charge in [-0.05, 0) is 57.8 Å². The number of phosphoric ester groups is 1. The van der Waals surface area contributed by atoms with Crippen molar-refractivity contribution in [3.8, 4) is 0 Å². The van der Waals surface area contributed by atoms with E-state index in [0.29, 0.717) is 13.0 Å².